The van der Waals surface area contributed by atoms with E-state index in [0.717, 1.165) is 16.0 Å². The van der Waals surface area contributed by atoms with Gasteiger partial charge in [-0.05, 0) is 67.4 Å². The molecule has 10 heteroatoms. The summed E-state index contributed by atoms with van der Waals surface area (Å²) in [4.78, 5) is 42.3. The third kappa shape index (κ3) is 5.48. The van der Waals surface area contributed by atoms with Gasteiger partial charge in [-0.2, -0.15) is 0 Å². The average Bonchev–Trinajstić information content (AvgIpc) is 3.13. The van der Waals surface area contributed by atoms with E-state index in [4.69, 9.17) is 16.7 Å². The number of aryl methyl sites for hydroxylation is 1. The van der Waals surface area contributed by atoms with E-state index in [2.05, 4.69) is 0 Å². The smallest absolute Gasteiger partial charge is 0.257 e. The molecule has 0 aliphatic carbocycles. The van der Waals surface area contributed by atoms with E-state index < -0.39 is 27.9 Å². The van der Waals surface area contributed by atoms with Gasteiger partial charge in [-0.1, -0.05) is 41.4 Å². The molecule has 0 saturated carbocycles. The highest BCUT2D eigenvalue weighted by molar-refractivity contribution is 7.89. The molecule has 1 aliphatic rings. The fourth-order valence-electron chi connectivity index (χ4n) is 4.16. The fourth-order valence-corrected chi connectivity index (χ4v) is 4.80. The van der Waals surface area contributed by atoms with Crippen LogP contribution in [0.2, 0.25) is 5.02 Å². The van der Waals surface area contributed by atoms with E-state index in [9.17, 15) is 22.8 Å². The topological polar surface area (TPSA) is 118 Å². The van der Waals surface area contributed by atoms with E-state index in [-0.39, 0.29) is 23.8 Å². The molecule has 8 nitrogen and oxygen atoms in total. The number of hydrogen-bond donors (Lipinski definition) is 1. The Balaban J connectivity index is 1.62. The van der Waals surface area contributed by atoms with Crippen molar-refractivity contribution in [2.75, 3.05) is 11.4 Å². The van der Waals surface area contributed by atoms with Gasteiger partial charge in [0.15, 0.2) is 0 Å². The second-order valence-electron chi connectivity index (χ2n) is 8.57. The molecule has 0 aromatic heterocycles. The molecule has 0 bridgehead atoms. The molecule has 0 spiro atoms. The van der Waals surface area contributed by atoms with Gasteiger partial charge in [-0.15, -0.1) is 0 Å². The zero-order chi connectivity index (χ0) is 26.0. The summed E-state index contributed by atoms with van der Waals surface area (Å²) in [6.45, 7) is 2.00. The van der Waals surface area contributed by atoms with Gasteiger partial charge in [-0.25, -0.2) is 18.5 Å². The van der Waals surface area contributed by atoms with Crippen molar-refractivity contribution in [1.82, 2.24) is 4.90 Å². The molecule has 1 heterocycles. The molecule has 3 aromatic carbocycles. The Hall–Kier alpha value is -3.53. The van der Waals surface area contributed by atoms with Crippen molar-refractivity contribution in [2.45, 2.75) is 30.7 Å². The number of primary sulfonamides is 1. The molecule has 2 N–H and O–H groups in total. The lowest BCUT2D eigenvalue weighted by Gasteiger charge is -2.28. The SMILES string of the molecule is Cc1cccc(C(=O)N(CCc2ccc(S(N)(=O)=O)cc2)C2CC(=O)N(c3ccc(Cl)cc3)C2=O)c1. The minimum Gasteiger partial charge on any atom is -0.326 e. The number of halogens is 1. The minimum atomic E-state index is -3.83. The molecule has 1 atom stereocenters. The van der Waals surface area contributed by atoms with Crippen LogP contribution in [0.3, 0.4) is 0 Å². The standard InChI is InChI=1S/C26H24ClN3O5S/c1-17-3-2-4-19(15-17)25(32)29(14-13-18-5-11-22(12-6-18)36(28,34)35)23-16-24(31)30(26(23)33)21-9-7-20(27)8-10-21/h2-12,15,23H,13-14,16H2,1H3,(H2,28,34,35). The van der Waals surface area contributed by atoms with Gasteiger partial charge >= 0.3 is 0 Å². The zero-order valence-corrected chi connectivity index (χ0v) is 21.0. The Morgan fingerprint density at radius 1 is 1.06 bits per heavy atom. The van der Waals surface area contributed by atoms with E-state index in [1.165, 1.54) is 17.0 Å². The van der Waals surface area contributed by atoms with Crippen LogP contribution in [0, 0.1) is 6.92 Å². The molecule has 3 aromatic rings. The number of carbonyl (C=O) groups is 3. The molecule has 36 heavy (non-hydrogen) atoms. The predicted octanol–water partition coefficient (Wildman–Crippen LogP) is 3.31. The lowest BCUT2D eigenvalue weighted by Crippen LogP contribution is -2.46. The Kier molecular flexibility index (Phi) is 7.26. The van der Waals surface area contributed by atoms with Gasteiger partial charge in [0.2, 0.25) is 15.9 Å². The van der Waals surface area contributed by atoms with E-state index >= 15 is 0 Å². The van der Waals surface area contributed by atoms with Gasteiger partial charge in [0.1, 0.15) is 6.04 Å². The maximum Gasteiger partial charge on any atom is 0.257 e. The molecular formula is C26H24ClN3O5S. The highest BCUT2D eigenvalue weighted by Gasteiger charge is 2.44. The number of amides is 3. The van der Waals surface area contributed by atoms with Crippen LogP contribution in [0.15, 0.2) is 77.7 Å². The molecule has 1 unspecified atom stereocenters. The lowest BCUT2D eigenvalue weighted by atomic mass is 10.1. The van der Waals surface area contributed by atoms with Crippen molar-refractivity contribution in [2.24, 2.45) is 5.14 Å². The lowest BCUT2D eigenvalue weighted by molar-refractivity contribution is -0.122. The number of anilines is 1. The third-order valence-electron chi connectivity index (χ3n) is 6.00. The molecular weight excluding hydrogens is 502 g/mol. The summed E-state index contributed by atoms with van der Waals surface area (Å²) in [6.07, 6.45) is 0.185. The number of sulfonamides is 1. The summed E-state index contributed by atoms with van der Waals surface area (Å²) < 4.78 is 23.1. The first-order chi connectivity index (χ1) is 17.0. The number of rotatable bonds is 7. The molecule has 4 rings (SSSR count). The first-order valence-electron chi connectivity index (χ1n) is 11.2. The Labute approximate surface area is 214 Å². The maximum absolute atomic E-state index is 13.6. The largest absolute Gasteiger partial charge is 0.326 e. The van der Waals surface area contributed by atoms with Gasteiger partial charge in [-0.3, -0.25) is 14.4 Å². The Bertz CT molecular complexity index is 1420. The summed E-state index contributed by atoms with van der Waals surface area (Å²) >= 11 is 5.94. The van der Waals surface area contributed by atoms with E-state index in [1.54, 1.807) is 54.6 Å². The quantitative estimate of drug-likeness (QED) is 0.475. The number of benzene rings is 3. The molecule has 1 aliphatic heterocycles. The molecule has 0 radical (unpaired) electrons. The predicted molar refractivity (Wildman–Crippen MR) is 136 cm³/mol. The average molecular weight is 526 g/mol. The van der Waals surface area contributed by atoms with Crippen molar-refractivity contribution in [3.63, 3.8) is 0 Å². The van der Waals surface area contributed by atoms with Crippen LogP contribution in [0.5, 0.6) is 0 Å². The van der Waals surface area contributed by atoms with Gasteiger partial charge < -0.3 is 4.90 Å². The summed E-state index contributed by atoms with van der Waals surface area (Å²) in [5.74, 6) is -1.27. The summed E-state index contributed by atoms with van der Waals surface area (Å²) in [5.41, 5.74) is 2.43. The monoisotopic (exact) mass is 525 g/mol. The summed E-state index contributed by atoms with van der Waals surface area (Å²) in [7, 11) is -3.83. The molecule has 3 amide bonds. The van der Waals surface area contributed by atoms with Crippen molar-refractivity contribution in [3.8, 4) is 0 Å². The summed E-state index contributed by atoms with van der Waals surface area (Å²) in [5, 5.41) is 5.63. The van der Waals surface area contributed by atoms with Crippen LogP contribution in [0.1, 0.15) is 27.9 Å². The van der Waals surface area contributed by atoms with Crippen LogP contribution in [-0.2, 0) is 26.0 Å². The highest BCUT2D eigenvalue weighted by Crippen LogP contribution is 2.28. The Morgan fingerprint density at radius 3 is 2.33 bits per heavy atom. The first-order valence-corrected chi connectivity index (χ1v) is 13.1. The van der Waals surface area contributed by atoms with Gasteiger partial charge in [0.05, 0.1) is 17.0 Å². The maximum atomic E-state index is 13.6. The second-order valence-corrected chi connectivity index (χ2v) is 10.6. The second kappa shape index (κ2) is 10.2. The highest BCUT2D eigenvalue weighted by atomic mass is 35.5. The zero-order valence-electron chi connectivity index (χ0n) is 19.4. The number of nitrogens with two attached hydrogens (primary N) is 1. The van der Waals surface area contributed by atoms with Crippen molar-refractivity contribution in [3.05, 3.63) is 94.5 Å². The van der Waals surface area contributed by atoms with Gasteiger partial charge in [0, 0.05) is 17.1 Å². The molecule has 1 fully saturated rings. The van der Waals surface area contributed by atoms with Crippen LogP contribution in [-0.4, -0.2) is 43.6 Å². The van der Waals surface area contributed by atoms with E-state index in [1.807, 2.05) is 13.0 Å². The van der Waals surface area contributed by atoms with Crippen LogP contribution in [0.4, 0.5) is 5.69 Å². The van der Waals surface area contributed by atoms with Crippen LogP contribution < -0.4 is 10.0 Å². The van der Waals surface area contributed by atoms with Crippen molar-refractivity contribution in [1.29, 1.82) is 0 Å². The molecule has 186 valence electrons. The molecule has 1 saturated heterocycles. The van der Waals surface area contributed by atoms with Crippen LogP contribution >= 0.6 is 11.6 Å². The number of imide groups is 1. The summed E-state index contributed by atoms with van der Waals surface area (Å²) in [6, 6.07) is 18.4. The van der Waals surface area contributed by atoms with E-state index in [0.29, 0.717) is 22.7 Å². The minimum absolute atomic E-state index is 0.0193. The number of carbonyl (C=O) groups excluding carboxylic acids is 3. The Morgan fingerprint density at radius 2 is 1.72 bits per heavy atom. The van der Waals surface area contributed by atoms with Crippen LogP contribution in [0.25, 0.3) is 0 Å². The van der Waals surface area contributed by atoms with Crippen molar-refractivity contribution >= 4 is 45.0 Å². The number of nitrogens with zero attached hydrogens (tertiary/aromatic N) is 2. The first kappa shape index (κ1) is 25.6. The number of hydrogen-bond acceptors (Lipinski definition) is 5. The fraction of sp³-hybridized carbons (Fsp3) is 0.192. The normalized spacial score (nSPS) is 15.9. The van der Waals surface area contributed by atoms with Gasteiger partial charge in [0.25, 0.3) is 11.8 Å². The third-order valence-corrected chi connectivity index (χ3v) is 7.18. The van der Waals surface area contributed by atoms with Crippen molar-refractivity contribution < 1.29 is 22.8 Å².